The second-order valence-corrected chi connectivity index (χ2v) is 11.1. The highest BCUT2D eigenvalue weighted by atomic mass is 16.4. The summed E-state index contributed by atoms with van der Waals surface area (Å²) in [6.07, 6.45) is 3.46. The van der Waals surface area contributed by atoms with Crippen molar-refractivity contribution in [2.45, 2.75) is 31.8 Å². The summed E-state index contributed by atoms with van der Waals surface area (Å²) in [5.74, 6) is 1.66. The highest BCUT2D eigenvalue weighted by Gasteiger charge is 2.28. The summed E-state index contributed by atoms with van der Waals surface area (Å²) in [5, 5.41) is 24.0. The van der Waals surface area contributed by atoms with E-state index in [9.17, 15) is 9.90 Å². The number of aromatic nitrogens is 5. The van der Waals surface area contributed by atoms with Gasteiger partial charge >= 0.3 is 5.97 Å². The SMILES string of the molecule is CC(O)(CC(=O)O)c1ccc(N2CCN(C[C@@H]3CCCN(c4nc(N)n5nc(-c6ccco6)nc5n4)C3)CC2)cc1. The van der Waals surface area contributed by atoms with Gasteiger partial charge in [0.05, 0.1) is 18.3 Å². The van der Waals surface area contributed by atoms with Crippen molar-refractivity contribution in [3.8, 4) is 11.6 Å². The third-order valence-electron chi connectivity index (χ3n) is 8.00. The topological polar surface area (TPSA) is 162 Å². The molecule has 2 atom stereocenters. The van der Waals surface area contributed by atoms with Gasteiger partial charge in [-0.1, -0.05) is 12.1 Å². The molecule has 4 N–H and O–H groups in total. The first kappa shape index (κ1) is 27.0. The summed E-state index contributed by atoms with van der Waals surface area (Å²) in [5.41, 5.74) is 6.52. The van der Waals surface area contributed by atoms with E-state index in [1.54, 1.807) is 18.4 Å². The molecule has 0 spiro atoms. The number of piperazine rings is 1. The molecule has 2 fully saturated rings. The summed E-state index contributed by atoms with van der Waals surface area (Å²) in [6.45, 7) is 7.99. The zero-order chi connectivity index (χ0) is 28.6. The van der Waals surface area contributed by atoms with Gasteiger partial charge in [-0.15, -0.1) is 5.10 Å². The quantitative estimate of drug-likeness (QED) is 0.288. The van der Waals surface area contributed by atoms with Crippen molar-refractivity contribution in [2.75, 3.05) is 61.3 Å². The van der Waals surface area contributed by atoms with Gasteiger partial charge in [-0.2, -0.15) is 19.5 Å². The van der Waals surface area contributed by atoms with Crippen LogP contribution < -0.4 is 15.5 Å². The van der Waals surface area contributed by atoms with Gasteiger partial charge in [0.2, 0.25) is 17.7 Å². The van der Waals surface area contributed by atoms with Gasteiger partial charge in [-0.3, -0.25) is 9.69 Å². The number of rotatable bonds is 8. The molecule has 3 aromatic heterocycles. The van der Waals surface area contributed by atoms with Crippen molar-refractivity contribution in [3.63, 3.8) is 0 Å². The Morgan fingerprint density at radius 3 is 2.56 bits per heavy atom. The Bertz CT molecular complexity index is 1500. The maximum atomic E-state index is 11.1. The average molecular weight is 562 g/mol. The molecule has 0 radical (unpaired) electrons. The van der Waals surface area contributed by atoms with Crippen molar-refractivity contribution in [2.24, 2.45) is 5.92 Å². The second kappa shape index (κ2) is 11.0. The third-order valence-corrected chi connectivity index (χ3v) is 8.00. The molecular weight excluding hydrogens is 526 g/mol. The smallest absolute Gasteiger partial charge is 0.306 e. The Labute approximate surface area is 237 Å². The van der Waals surface area contributed by atoms with Gasteiger partial charge in [-0.25, -0.2) is 0 Å². The van der Waals surface area contributed by atoms with Crippen LogP contribution in [0.25, 0.3) is 17.4 Å². The van der Waals surface area contributed by atoms with E-state index < -0.39 is 11.6 Å². The summed E-state index contributed by atoms with van der Waals surface area (Å²) in [4.78, 5) is 31.8. The van der Waals surface area contributed by atoms with E-state index in [-0.39, 0.29) is 12.4 Å². The normalized spacial score (nSPS) is 19.9. The van der Waals surface area contributed by atoms with Crippen molar-refractivity contribution in [1.82, 2.24) is 29.5 Å². The molecule has 0 aliphatic carbocycles. The van der Waals surface area contributed by atoms with E-state index in [4.69, 9.17) is 15.3 Å². The van der Waals surface area contributed by atoms with E-state index in [1.165, 1.54) is 11.4 Å². The Hall–Kier alpha value is -4.23. The number of carbonyl (C=O) groups is 1. The van der Waals surface area contributed by atoms with Crippen LogP contribution in [0.5, 0.6) is 0 Å². The predicted molar refractivity (Wildman–Crippen MR) is 153 cm³/mol. The van der Waals surface area contributed by atoms with Crippen LogP contribution in [0.2, 0.25) is 0 Å². The van der Waals surface area contributed by atoms with Crippen molar-refractivity contribution >= 4 is 29.3 Å². The van der Waals surface area contributed by atoms with Gasteiger partial charge in [0, 0.05) is 51.5 Å². The van der Waals surface area contributed by atoms with Crippen LogP contribution in [0.1, 0.15) is 31.7 Å². The minimum Gasteiger partial charge on any atom is -0.481 e. The molecule has 41 heavy (non-hydrogen) atoms. The van der Waals surface area contributed by atoms with Gasteiger partial charge < -0.3 is 30.2 Å². The summed E-state index contributed by atoms with van der Waals surface area (Å²) in [6, 6.07) is 11.2. The Kier molecular flexibility index (Phi) is 7.22. The maximum absolute atomic E-state index is 11.1. The lowest BCUT2D eigenvalue weighted by molar-refractivity contribution is -0.142. The van der Waals surface area contributed by atoms with E-state index in [0.29, 0.717) is 34.8 Å². The molecule has 4 aromatic rings. The number of anilines is 3. The largest absolute Gasteiger partial charge is 0.481 e. The lowest BCUT2D eigenvalue weighted by atomic mass is 9.92. The fourth-order valence-electron chi connectivity index (χ4n) is 5.82. The van der Waals surface area contributed by atoms with Crippen LogP contribution >= 0.6 is 0 Å². The van der Waals surface area contributed by atoms with Crippen molar-refractivity contribution in [1.29, 1.82) is 0 Å². The van der Waals surface area contributed by atoms with E-state index >= 15 is 0 Å². The number of furan rings is 1. The number of aliphatic carboxylic acids is 1. The van der Waals surface area contributed by atoms with Crippen LogP contribution in [0.4, 0.5) is 17.6 Å². The number of fused-ring (bicyclic) bond motifs is 1. The number of piperidine rings is 1. The molecule has 13 nitrogen and oxygen atoms in total. The Balaban J connectivity index is 1.05. The van der Waals surface area contributed by atoms with Gasteiger partial charge in [0.25, 0.3) is 5.78 Å². The van der Waals surface area contributed by atoms with E-state index in [0.717, 1.165) is 64.3 Å². The summed E-state index contributed by atoms with van der Waals surface area (Å²) < 4.78 is 6.85. The first-order valence-corrected chi connectivity index (χ1v) is 14.0. The van der Waals surface area contributed by atoms with Crippen molar-refractivity contribution in [3.05, 3.63) is 48.2 Å². The first-order chi connectivity index (χ1) is 19.7. The molecule has 2 aliphatic rings. The highest BCUT2D eigenvalue weighted by molar-refractivity contribution is 5.68. The maximum Gasteiger partial charge on any atom is 0.306 e. The number of carboxylic acids is 1. The fraction of sp³-hybridized carbons (Fsp3) is 0.464. The molecule has 13 heteroatoms. The number of hydrogen-bond acceptors (Lipinski definition) is 11. The Morgan fingerprint density at radius 1 is 1.07 bits per heavy atom. The van der Waals surface area contributed by atoms with Crippen LogP contribution in [0, 0.1) is 5.92 Å². The molecule has 5 heterocycles. The molecule has 2 saturated heterocycles. The highest BCUT2D eigenvalue weighted by Crippen LogP contribution is 2.28. The predicted octanol–water partition coefficient (Wildman–Crippen LogP) is 2.08. The van der Waals surface area contributed by atoms with Crippen LogP contribution in [-0.4, -0.2) is 91.5 Å². The number of hydrogen-bond donors (Lipinski definition) is 3. The average Bonchev–Trinajstić information content (AvgIpc) is 3.64. The molecule has 1 unspecified atom stereocenters. The monoisotopic (exact) mass is 561 g/mol. The van der Waals surface area contributed by atoms with Gasteiger partial charge in [0.1, 0.15) is 0 Å². The summed E-state index contributed by atoms with van der Waals surface area (Å²) in [7, 11) is 0. The summed E-state index contributed by atoms with van der Waals surface area (Å²) >= 11 is 0. The number of nitrogens with zero attached hydrogens (tertiary/aromatic N) is 8. The molecule has 216 valence electrons. The lowest BCUT2D eigenvalue weighted by Crippen LogP contribution is -2.49. The van der Waals surface area contributed by atoms with E-state index in [2.05, 4.69) is 34.8 Å². The minimum absolute atomic E-state index is 0.243. The number of nitrogen functional groups attached to an aromatic ring is 1. The molecule has 2 aliphatic heterocycles. The fourth-order valence-corrected chi connectivity index (χ4v) is 5.82. The van der Waals surface area contributed by atoms with Crippen LogP contribution in [-0.2, 0) is 10.4 Å². The number of aliphatic hydroxyl groups is 1. The molecule has 6 rings (SSSR count). The van der Waals surface area contributed by atoms with Crippen molar-refractivity contribution < 1.29 is 19.4 Å². The Morgan fingerprint density at radius 2 is 1.85 bits per heavy atom. The molecule has 0 amide bonds. The van der Waals surface area contributed by atoms with E-state index in [1.807, 2.05) is 24.3 Å². The standard InChI is InChI=1S/C28H35N9O4/c1-28(40,16-23(38)39)20-6-8-21(9-7-20)35-13-11-34(12-14-35)17-19-4-2-10-36(18-19)26-31-25(29)37-27(32-26)30-24(33-37)22-5-3-15-41-22/h3,5-9,15,19,40H,2,4,10-14,16-18H2,1H3,(H,38,39)(H2,29,30,31,32,33)/t19-,28?/m0/s1. The lowest BCUT2D eigenvalue weighted by Gasteiger charge is -2.40. The molecule has 1 aromatic carbocycles. The number of nitrogens with two attached hydrogens (primary N) is 1. The van der Waals surface area contributed by atoms with Crippen LogP contribution in [0.15, 0.2) is 47.1 Å². The zero-order valence-corrected chi connectivity index (χ0v) is 23.1. The van der Waals surface area contributed by atoms with Gasteiger partial charge in [-0.05, 0) is 55.5 Å². The number of benzene rings is 1. The number of carboxylic acid groups (broad SMARTS) is 1. The van der Waals surface area contributed by atoms with Gasteiger partial charge in [0.15, 0.2) is 5.76 Å². The molecule has 0 bridgehead atoms. The zero-order valence-electron chi connectivity index (χ0n) is 23.1. The first-order valence-electron chi connectivity index (χ1n) is 14.0. The molecule has 0 saturated carbocycles. The molecular formula is C28H35N9O4. The third kappa shape index (κ3) is 5.81. The second-order valence-electron chi connectivity index (χ2n) is 11.1. The minimum atomic E-state index is -1.39. The van der Waals surface area contributed by atoms with Crippen LogP contribution in [0.3, 0.4) is 0 Å².